The molecule has 0 saturated carbocycles. The zero-order valence-electron chi connectivity index (χ0n) is 19.8. The molecule has 0 aliphatic carbocycles. The van der Waals surface area contributed by atoms with E-state index in [0.717, 1.165) is 44.4 Å². The quantitative estimate of drug-likeness (QED) is 0.473. The number of nitrogens with zero attached hydrogens (tertiary/aromatic N) is 2. The molecule has 3 aromatic carbocycles. The minimum Gasteiger partial charge on any atom is -0.506 e. The van der Waals surface area contributed by atoms with E-state index in [9.17, 15) is 19.1 Å². The molecule has 1 aliphatic rings. The van der Waals surface area contributed by atoms with Crippen LogP contribution in [0.2, 0.25) is 0 Å². The van der Waals surface area contributed by atoms with E-state index in [1.54, 1.807) is 31.2 Å². The minimum absolute atomic E-state index is 0.0677. The highest BCUT2D eigenvalue weighted by molar-refractivity contribution is 6.11. The maximum absolute atomic E-state index is 13.9. The standard InChI is InChI=1S/C27H29FN4O3/c1-18-7-8-20(17-22(18)28)27(35)29-23-5-3-6-24(33)25(23)30-26(34)19-9-11-21(12-10-19)32-14-4-13-31(2)15-16-32/h3,5-12,17,33H,4,13-16H2,1-2H3,(H,29,35)(H,30,34). The molecular formula is C27H29FN4O3. The monoisotopic (exact) mass is 476 g/mol. The summed E-state index contributed by atoms with van der Waals surface area (Å²) in [7, 11) is 2.12. The molecule has 1 heterocycles. The number of nitrogens with one attached hydrogen (secondary N) is 2. The third kappa shape index (κ3) is 5.78. The van der Waals surface area contributed by atoms with Crippen LogP contribution in [0.15, 0.2) is 60.7 Å². The number of likely N-dealkylation sites (N-methyl/N-ethyl adjacent to an activating group) is 1. The number of aromatic hydroxyl groups is 1. The molecule has 182 valence electrons. The van der Waals surface area contributed by atoms with Crippen LogP contribution in [-0.4, -0.2) is 55.0 Å². The number of anilines is 3. The van der Waals surface area contributed by atoms with Crippen LogP contribution in [0, 0.1) is 12.7 Å². The molecule has 0 aromatic heterocycles. The topological polar surface area (TPSA) is 84.9 Å². The lowest BCUT2D eigenvalue weighted by Crippen LogP contribution is -2.28. The first-order chi connectivity index (χ1) is 16.8. The predicted molar refractivity (Wildman–Crippen MR) is 136 cm³/mol. The average molecular weight is 477 g/mol. The Morgan fingerprint density at radius 1 is 0.886 bits per heavy atom. The number of aryl methyl sites for hydroxylation is 1. The first kappa shape index (κ1) is 24.2. The number of rotatable bonds is 5. The summed E-state index contributed by atoms with van der Waals surface area (Å²) in [5, 5.41) is 15.7. The lowest BCUT2D eigenvalue weighted by Gasteiger charge is -2.23. The molecule has 1 saturated heterocycles. The zero-order chi connectivity index (χ0) is 24.9. The second-order valence-corrected chi connectivity index (χ2v) is 8.76. The SMILES string of the molecule is Cc1ccc(C(=O)Nc2cccc(O)c2NC(=O)c2ccc(N3CCCN(C)CC3)cc2)cc1F. The summed E-state index contributed by atoms with van der Waals surface area (Å²) in [4.78, 5) is 30.2. The van der Waals surface area contributed by atoms with Gasteiger partial charge in [0, 0.05) is 36.4 Å². The van der Waals surface area contributed by atoms with Crippen LogP contribution in [0.4, 0.5) is 21.5 Å². The van der Waals surface area contributed by atoms with Gasteiger partial charge in [-0.3, -0.25) is 9.59 Å². The third-order valence-electron chi connectivity index (χ3n) is 6.18. The smallest absolute Gasteiger partial charge is 0.255 e. The Hall–Kier alpha value is -3.91. The summed E-state index contributed by atoms with van der Waals surface area (Å²) < 4.78 is 13.9. The molecule has 2 amide bonds. The highest BCUT2D eigenvalue weighted by Crippen LogP contribution is 2.32. The summed E-state index contributed by atoms with van der Waals surface area (Å²) in [6.07, 6.45) is 1.08. The lowest BCUT2D eigenvalue weighted by atomic mass is 10.1. The summed E-state index contributed by atoms with van der Waals surface area (Å²) in [5.74, 6) is -1.67. The van der Waals surface area contributed by atoms with Crippen LogP contribution in [0.1, 0.15) is 32.7 Å². The van der Waals surface area contributed by atoms with Crippen molar-refractivity contribution in [3.8, 4) is 5.75 Å². The normalized spacial score (nSPS) is 14.3. The summed E-state index contributed by atoms with van der Waals surface area (Å²) in [6, 6.07) is 16.0. The van der Waals surface area contributed by atoms with Crippen molar-refractivity contribution < 1.29 is 19.1 Å². The van der Waals surface area contributed by atoms with Gasteiger partial charge in [-0.25, -0.2) is 4.39 Å². The molecule has 3 N–H and O–H groups in total. The van der Waals surface area contributed by atoms with Gasteiger partial charge >= 0.3 is 0 Å². The van der Waals surface area contributed by atoms with Gasteiger partial charge in [-0.1, -0.05) is 12.1 Å². The highest BCUT2D eigenvalue weighted by atomic mass is 19.1. The fourth-order valence-electron chi connectivity index (χ4n) is 4.02. The number of hydrogen-bond donors (Lipinski definition) is 3. The second-order valence-electron chi connectivity index (χ2n) is 8.76. The van der Waals surface area contributed by atoms with Crippen molar-refractivity contribution in [1.82, 2.24) is 4.90 Å². The molecule has 0 radical (unpaired) electrons. The van der Waals surface area contributed by atoms with E-state index in [1.165, 1.54) is 18.2 Å². The Kier molecular flexibility index (Phi) is 7.31. The van der Waals surface area contributed by atoms with Gasteiger partial charge in [0.1, 0.15) is 17.3 Å². The molecule has 1 aliphatic heterocycles. The van der Waals surface area contributed by atoms with Gasteiger partial charge < -0.3 is 25.5 Å². The minimum atomic E-state index is -0.558. The number of phenolic OH excluding ortho intramolecular Hbond substituents is 1. The molecule has 35 heavy (non-hydrogen) atoms. The van der Waals surface area contributed by atoms with Crippen LogP contribution < -0.4 is 15.5 Å². The largest absolute Gasteiger partial charge is 0.506 e. The van der Waals surface area contributed by atoms with Gasteiger partial charge in [-0.15, -0.1) is 0 Å². The summed E-state index contributed by atoms with van der Waals surface area (Å²) in [6.45, 7) is 5.54. The van der Waals surface area contributed by atoms with Gasteiger partial charge in [0.2, 0.25) is 0 Å². The molecule has 1 fully saturated rings. The van der Waals surface area contributed by atoms with Crippen molar-refractivity contribution in [3.63, 3.8) is 0 Å². The Balaban J connectivity index is 1.48. The van der Waals surface area contributed by atoms with E-state index in [2.05, 4.69) is 27.5 Å². The number of halogens is 1. The molecule has 4 rings (SSSR count). The molecule has 0 unspecified atom stereocenters. The molecule has 7 nitrogen and oxygen atoms in total. The second kappa shape index (κ2) is 10.6. The molecule has 3 aromatic rings. The number of phenols is 1. The molecule has 0 bridgehead atoms. The van der Waals surface area contributed by atoms with Crippen molar-refractivity contribution in [2.24, 2.45) is 0 Å². The highest BCUT2D eigenvalue weighted by Gasteiger charge is 2.17. The third-order valence-corrected chi connectivity index (χ3v) is 6.18. The van der Waals surface area contributed by atoms with Crippen LogP contribution >= 0.6 is 0 Å². The van der Waals surface area contributed by atoms with E-state index in [-0.39, 0.29) is 22.7 Å². The van der Waals surface area contributed by atoms with Gasteiger partial charge in [-0.2, -0.15) is 0 Å². The van der Waals surface area contributed by atoms with E-state index in [4.69, 9.17) is 0 Å². The lowest BCUT2D eigenvalue weighted by molar-refractivity contribution is 0.101. The first-order valence-electron chi connectivity index (χ1n) is 11.6. The van der Waals surface area contributed by atoms with Crippen LogP contribution in [0.25, 0.3) is 0 Å². The zero-order valence-corrected chi connectivity index (χ0v) is 19.8. The Bertz CT molecular complexity index is 1230. The van der Waals surface area contributed by atoms with Crippen molar-refractivity contribution in [1.29, 1.82) is 0 Å². The average Bonchev–Trinajstić information content (AvgIpc) is 3.07. The van der Waals surface area contributed by atoms with Crippen molar-refractivity contribution in [3.05, 3.63) is 83.2 Å². The van der Waals surface area contributed by atoms with Gasteiger partial charge in [0.25, 0.3) is 11.8 Å². The molecular weight excluding hydrogens is 447 g/mol. The molecule has 0 spiro atoms. The van der Waals surface area contributed by atoms with Crippen LogP contribution in [0.5, 0.6) is 5.75 Å². The van der Waals surface area contributed by atoms with Gasteiger partial charge in [0.15, 0.2) is 0 Å². The predicted octanol–water partition coefficient (Wildman–Crippen LogP) is 4.49. The fourth-order valence-corrected chi connectivity index (χ4v) is 4.02. The van der Waals surface area contributed by atoms with E-state index in [1.807, 2.05) is 12.1 Å². The van der Waals surface area contributed by atoms with Crippen LogP contribution in [-0.2, 0) is 0 Å². The maximum atomic E-state index is 13.9. The molecule has 0 atom stereocenters. The Labute approximate surface area is 204 Å². The van der Waals surface area contributed by atoms with Crippen molar-refractivity contribution in [2.75, 3.05) is 48.8 Å². The van der Waals surface area contributed by atoms with Crippen LogP contribution in [0.3, 0.4) is 0 Å². The summed E-state index contributed by atoms with van der Waals surface area (Å²) >= 11 is 0. The number of amides is 2. The van der Waals surface area contributed by atoms with E-state index in [0.29, 0.717) is 11.1 Å². The number of hydrogen-bond acceptors (Lipinski definition) is 5. The van der Waals surface area contributed by atoms with Crippen molar-refractivity contribution >= 4 is 28.9 Å². The number of carbonyl (C=O) groups is 2. The number of carbonyl (C=O) groups excluding carboxylic acids is 2. The Morgan fingerprint density at radius 2 is 1.60 bits per heavy atom. The Morgan fingerprint density at radius 3 is 2.34 bits per heavy atom. The first-order valence-corrected chi connectivity index (χ1v) is 11.6. The van der Waals surface area contributed by atoms with E-state index >= 15 is 0 Å². The maximum Gasteiger partial charge on any atom is 0.255 e. The number of benzene rings is 3. The van der Waals surface area contributed by atoms with E-state index < -0.39 is 17.6 Å². The van der Waals surface area contributed by atoms with Crippen molar-refractivity contribution in [2.45, 2.75) is 13.3 Å². The van der Waals surface area contributed by atoms with Gasteiger partial charge in [-0.05, 0) is 81.0 Å². The van der Waals surface area contributed by atoms with Gasteiger partial charge in [0.05, 0.1) is 5.69 Å². The summed E-state index contributed by atoms with van der Waals surface area (Å²) in [5.41, 5.74) is 2.30. The molecule has 8 heteroatoms. The fraction of sp³-hybridized carbons (Fsp3) is 0.259. The number of para-hydroxylation sites is 1.